The lowest BCUT2D eigenvalue weighted by Crippen LogP contribution is -2.46. The molecule has 0 aliphatic carbocycles. The lowest BCUT2D eigenvalue weighted by Gasteiger charge is -2.33. The van der Waals surface area contributed by atoms with Crippen LogP contribution in [0.1, 0.15) is 23.0 Å². The van der Waals surface area contributed by atoms with Gasteiger partial charge in [0, 0.05) is 19.0 Å². The van der Waals surface area contributed by atoms with Crippen LogP contribution in [-0.2, 0) is 4.74 Å². The SMILES string of the molecule is CC#CCN1CCOC[C@@H]1CC(=O)c1cccs1. The van der Waals surface area contributed by atoms with Gasteiger partial charge in [0.15, 0.2) is 5.78 Å². The first-order valence-electron chi connectivity index (χ1n) is 6.09. The summed E-state index contributed by atoms with van der Waals surface area (Å²) in [5.74, 6) is 6.17. The monoisotopic (exact) mass is 263 g/mol. The van der Waals surface area contributed by atoms with Crippen LogP contribution in [0.15, 0.2) is 17.5 Å². The van der Waals surface area contributed by atoms with E-state index >= 15 is 0 Å². The maximum atomic E-state index is 12.1. The molecule has 1 aliphatic rings. The molecule has 0 N–H and O–H groups in total. The van der Waals surface area contributed by atoms with Crippen molar-refractivity contribution in [3.8, 4) is 11.8 Å². The zero-order valence-corrected chi connectivity index (χ0v) is 11.3. The first kappa shape index (κ1) is 13.3. The van der Waals surface area contributed by atoms with E-state index in [1.807, 2.05) is 24.4 Å². The zero-order chi connectivity index (χ0) is 12.8. The molecule has 0 spiro atoms. The predicted molar refractivity (Wildman–Crippen MR) is 72.9 cm³/mol. The van der Waals surface area contributed by atoms with Gasteiger partial charge in [-0.2, -0.15) is 0 Å². The number of carbonyl (C=O) groups excluding carboxylic acids is 1. The van der Waals surface area contributed by atoms with Gasteiger partial charge in [-0.25, -0.2) is 0 Å². The average Bonchev–Trinajstić information content (AvgIpc) is 2.91. The van der Waals surface area contributed by atoms with Gasteiger partial charge in [-0.15, -0.1) is 17.3 Å². The molecule has 1 aliphatic heterocycles. The van der Waals surface area contributed by atoms with Gasteiger partial charge in [0.05, 0.1) is 24.6 Å². The fraction of sp³-hybridized carbons (Fsp3) is 0.500. The van der Waals surface area contributed by atoms with Crippen LogP contribution in [0, 0.1) is 11.8 Å². The van der Waals surface area contributed by atoms with Crippen LogP contribution in [0.5, 0.6) is 0 Å². The number of rotatable bonds is 4. The number of ether oxygens (including phenoxy) is 1. The number of Topliss-reactive ketones (excluding diaryl/α,β-unsaturated/α-hetero) is 1. The van der Waals surface area contributed by atoms with E-state index in [2.05, 4.69) is 16.7 Å². The highest BCUT2D eigenvalue weighted by Gasteiger charge is 2.25. The van der Waals surface area contributed by atoms with Crippen molar-refractivity contribution < 1.29 is 9.53 Å². The fourth-order valence-electron chi connectivity index (χ4n) is 2.02. The fourth-order valence-corrected chi connectivity index (χ4v) is 2.69. The number of ketones is 1. The highest BCUT2D eigenvalue weighted by atomic mass is 32.1. The van der Waals surface area contributed by atoms with E-state index in [4.69, 9.17) is 4.74 Å². The summed E-state index contributed by atoms with van der Waals surface area (Å²) < 4.78 is 5.47. The molecule has 0 bridgehead atoms. The lowest BCUT2D eigenvalue weighted by atomic mass is 10.1. The molecule has 18 heavy (non-hydrogen) atoms. The van der Waals surface area contributed by atoms with Crippen molar-refractivity contribution in [3.63, 3.8) is 0 Å². The summed E-state index contributed by atoms with van der Waals surface area (Å²) in [6.07, 6.45) is 0.520. The van der Waals surface area contributed by atoms with Crippen LogP contribution in [0.2, 0.25) is 0 Å². The van der Waals surface area contributed by atoms with Crippen molar-refractivity contribution in [2.45, 2.75) is 19.4 Å². The van der Waals surface area contributed by atoms with E-state index < -0.39 is 0 Å². The molecule has 96 valence electrons. The van der Waals surface area contributed by atoms with Crippen LogP contribution in [-0.4, -0.2) is 43.0 Å². The second-order valence-electron chi connectivity index (χ2n) is 4.23. The van der Waals surface area contributed by atoms with Crippen LogP contribution in [0.3, 0.4) is 0 Å². The van der Waals surface area contributed by atoms with E-state index in [0.29, 0.717) is 13.0 Å². The summed E-state index contributed by atoms with van der Waals surface area (Å²) in [6.45, 7) is 4.78. The first-order chi connectivity index (χ1) is 8.81. The first-order valence-corrected chi connectivity index (χ1v) is 6.97. The van der Waals surface area contributed by atoms with Crippen molar-refractivity contribution in [2.24, 2.45) is 0 Å². The van der Waals surface area contributed by atoms with Gasteiger partial charge < -0.3 is 4.74 Å². The number of nitrogens with zero attached hydrogens (tertiary/aromatic N) is 1. The zero-order valence-electron chi connectivity index (χ0n) is 10.5. The molecule has 0 saturated carbocycles. The van der Waals surface area contributed by atoms with Gasteiger partial charge in [-0.05, 0) is 18.4 Å². The molecular weight excluding hydrogens is 246 g/mol. The molecule has 1 atom stereocenters. The number of hydrogen-bond donors (Lipinski definition) is 0. The quantitative estimate of drug-likeness (QED) is 0.615. The molecule has 1 aromatic rings. The Morgan fingerprint density at radius 2 is 2.56 bits per heavy atom. The van der Waals surface area contributed by atoms with Gasteiger partial charge in [-0.3, -0.25) is 9.69 Å². The third-order valence-electron chi connectivity index (χ3n) is 3.03. The van der Waals surface area contributed by atoms with Crippen LogP contribution >= 0.6 is 11.3 Å². The molecular formula is C14H17NO2S. The average molecular weight is 263 g/mol. The highest BCUT2D eigenvalue weighted by Crippen LogP contribution is 2.16. The summed E-state index contributed by atoms with van der Waals surface area (Å²) in [6, 6.07) is 3.96. The van der Waals surface area contributed by atoms with Gasteiger partial charge >= 0.3 is 0 Å². The number of carbonyl (C=O) groups is 1. The minimum atomic E-state index is 0.161. The molecule has 1 aromatic heterocycles. The summed E-state index contributed by atoms with van der Waals surface area (Å²) in [4.78, 5) is 15.2. The largest absolute Gasteiger partial charge is 0.378 e. The van der Waals surface area contributed by atoms with Crippen molar-refractivity contribution >= 4 is 17.1 Å². The summed E-state index contributed by atoms with van der Waals surface area (Å²) >= 11 is 1.50. The van der Waals surface area contributed by atoms with Crippen molar-refractivity contribution in [2.75, 3.05) is 26.3 Å². The van der Waals surface area contributed by atoms with E-state index in [0.717, 1.165) is 24.6 Å². The number of hydrogen-bond acceptors (Lipinski definition) is 4. The van der Waals surface area contributed by atoms with Gasteiger partial charge in [0.25, 0.3) is 0 Å². The third-order valence-corrected chi connectivity index (χ3v) is 3.94. The number of thiophene rings is 1. The summed E-state index contributed by atoms with van der Waals surface area (Å²) in [5, 5.41) is 1.94. The summed E-state index contributed by atoms with van der Waals surface area (Å²) in [5.41, 5.74) is 0. The Kier molecular flexibility index (Phi) is 4.94. The molecule has 0 aromatic carbocycles. The van der Waals surface area contributed by atoms with Gasteiger partial charge in [0.2, 0.25) is 0 Å². The molecule has 0 amide bonds. The molecule has 1 fully saturated rings. The highest BCUT2D eigenvalue weighted by molar-refractivity contribution is 7.12. The Bertz CT molecular complexity index is 444. The molecule has 1 saturated heterocycles. The minimum Gasteiger partial charge on any atom is -0.378 e. The Morgan fingerprint density at radius 1 is 1.67 bits per heavy atom. The van der Waals surface area contributed by atoms with Crippen molar-refractivity contribution in [3.05, 3.63) is 22.4 Å². The van der Waals surface area contributed by atoms with Gasteiger partial charge in [0.1, 0.15) is 0 Å². The van der Waals surface area contributed by atoms with Gasteiger partial charge in [-0.1, -0.05) is 12.0 Å². The van der Waals surface area contributed by atoms with Crippen LogP contribution in [0.25, 0.3) is 0 Å². The van der Waals surface area contributed by atoms with Crippen molar-refractivity contribution in [1.82, 2.24) is 4.90 Å². The van der Waals surface area contributed by atoms with E-state index in [-0.39, 0.29) is 11.8 Å². The number of morpholine rings is 1. The Balaban J connectivity index is 1.96. The Hall–Kier alpha value is -1.15. The maximum Gasteiger partial charge on any atom is 0.174 e. The topological polar surface area (TPSA) is 29.5 Å². The summed E-state index contributed by atoms with van der Waals surface area (Å²) in [7, 11) is 0. The van der Waals surface area contributed by atoms with E-state index in [1.54, 1.807) is 0 Å². The predicted octanol–water partition coefficient (Wildman–Crippen LogP) is 2.05. The van der Waals surface area contributed by atoms with E-state index in [1.165, 1.54) is 11.3 Å². The second kappa shape index (κ2) is 6.69. The minimum absolute atomic E-state index is 0.161. The Labute approximate surface area is 112 Å². The van der Waals surface area contributed by atoms with Crippen LogP contribution < -0.4 is 0 Å². The molecule has 2 heterocycles. The van der Waals surface area contributed by atoms with Crippen LogP contribution in [0.4, 0.5) is 0 Å². The normalized spacial score (nSPS) is 20.2. The molecule has 2 rings (SSSR count). The standard InChI is InChI=1S/C14H17NO2S/c1-2-3-6-15-7-8-17-11-12(15)10-13(16)14-5-4-9-18-14/h4-5,9,12H,6-8,10-11H2,1H3/t12-/m0/s1. The van der Waals surface area contributed by atoms with Crippen molar-refractivity contribution in [1.29, 1.82) is 0 Å². The molecule has 4 heteroatoms. The third kappa shape index (κ3) is 3.42. The lowest BCUT2D eigenvalue weighted by molar-refractivity contribution is -0.00200. The Morgan fingerprint density at radius 3 is 3.28 bits per heavy atom. The van der Waals surface area contributed by atoms with E-state index in [9.17, 15) is 4.79 Å². The maximum absolute atomic E-state index is 12.1. The smallest absolute Gasteiger partial charge is 0.174 e. The molecule has 3 nitrogen and oxygen atoms in total. The molecule has 0 radical (unpaired) electrons. The second-order valence-corrected chi connectivity index (χ2v) is 5.18. The molecule has 0 unspecified atom stereocenters.